The van der Waals surface area contributed by atoms with Crippen LogP contribution in [0.1, 0.15) is 11.1 Å². The van der Waals surface area contributed by atoms with E-state index in [0.717, 1.165) is 10.6 Å². The van der Waals surface area contributed by atoms with Crippen LogP contribution in [0.2, 0.25) is 5.02 Å². The Morgan fingerprint density at radius 2 is 1.55 bits per heavy atom. The molecule has 0 radical (unpaired) electrons. The highest BCUT2D eigenvalue weighted by molar-refractivity contribution is 6.31. The highest BCUT2D eigenvalue weighted by Gasteiger charge is 2.16. The minimum absolute atomic E-state index is 0.00689. The number of nitrogens with zero attached hydrogens (tertiary/aromatic N) is 4. The molecule has 0 N–H and O–H groups in total. The fourth-order valence-electron chi connectivity index (χ4n) is 3.00. The largest absolute Gasteiger partial charge is 0.333 e. The van der Waals surface area contributed by atoms with E-state index in [1.54, 1.807) is 0 Å². The van der Waals surface area contributed by atoms with Gasteiger partial charge in [-0.15, -0.1) is 0 Å². The quantitative estimate of drug-likeness (QED) is 0.515. The van der Waals surface area contributed by atoms with Crippen LogP contribution in [0.5, 0.6) is 0 Å². The van der Waals surface area contributed by atoms with Crippen molar-refractivity contribution in [1.82, 2.24) is 19.1 Å². The molecule has 9 heteroatoms. The molecule has 0 saturated heterocycles. The van der Waals surface area contributed by atoms with Crippen molar-refractivity contribution in [2.24, 2.45) is 0 Å². The average Bonchev–Trinajstić information content (AvgIpc) is 2.71. The third-order valence-electron chi connectivity index (χ3n) is 4.44. The summed E-state index contributed by atoms with van der Waals surface area (Å²) < 4.78 is 28.8. The average molecular weight is 415 g/mol. The van der Waals surface area contributed by atoms with Gasteiger partial charge in [0.2, 0.25) is 0 Å². The van der Waals surface area contributed by atoms with Crippen LogP contribution in [-0.4, -0.2) is 19.1 Å². The third kappa shape index (κ3) is 3.66. The van der Waals surface area contributed by atoms with Crippen molar-refractivity contribution in [2.45, 2.75) is 13.1 Å². The second kappa shape index (κ2) is 7.56. The van der Waals surface area contributed by atoms with E-state index in [1.165, 1.54) is 53.4 Å². The monoisotopic (exact) mass is 414 g/mol. The molecule has 0 saturated carbocycles. The molecule has 6 nitrogen and oxygen atoms in total. The van der Waals surface area contributed by atoms with E-state index in [1.807, 2.05) is 0 Å². The van der Waals surface area contributed by atoms with Gasteiger partial charge in [0.15, 0.2) is 11.2 Å². The second-order valence-corrected chi connectivity index (χ2v) is 6.76. The molecule has 29 heavy (non-hydrogen) atoms. The van der Waals surface area contributed by atoms with Crippen molar-refractivity contribution >= 4 is 22.8 Å². The maximum absolute atomic E-state index is 13.4. The fourth-order valence-corrected chi connectivity index (χ4v) is 3.23. The summed E-state index contributed by atoms with van der Waals surface area (Å²) in [4.78, 5) is 34.2. The van der Waals surface area contributed by atoms with Crippen molar-refractivity contribution in [3.05, 3.63) is 103 Å². The Balaban J connectivity index is 1.90. The van der Waals surface area contributed by atoms with Gasteiger partial charge in [-0.2, -0.15) is 0 Å². The van der Waals surface area contributed by atoms with Crippen molar-refractivity contribution < 1.29 is 8.78 Å². The zero-order valence-corrected chi connectivity index (χ0v) is 15.6. The van der Waals surface area contributed by atoms with Gasteiger partial charge in [0.25, 0.3) is 5.56 Å². The fraction of sp³-hybridized carbons (Fsp3) is 0.100. The van der Waals surface area contributed by atoms with Crippen molar-refractivity contribution in [1.29, 1.82) is 0 Å². The van der Waals surface area contributed by atoms with E-state index in [4.69, 9.17) is 11.6 Å². The first-order valence-corrected chi connectivity index (χ1v) is 8.94. The molecule has 0 aliphatic carbocycles. The third-order valence-corrected chi connectivity index (χ3v) is 4.79. The number of aromatic nitrogens is 4. The number of halogens is 3. The van der Waals surface area contributed by atoms with Gasteiger partial charge in [-0.05, 0) is 35.4 Å². The van der Waals surface area contributed by atoms with Gasteiger partial charge >= 0.3 is 5.69 Å². The zero-order chi connectivity index (χ0) is 20.5. The van der Waals surface area contributed by atoms with Crippen LogP contribution in [0.3, 0.4) is 0 Å². The topological polar surface area (TPSA) is 69.8 Å². The van der Waals surface area contributed by atoms with Crippen LogP contribution in [0.15, 0.2) is 64.4 Å². The van der Waals surface area contributed by atoms with Crippen molar-refractivity contribution in [3.63, 3.8) is 0 Å². The molecule has 4 aromatic rings. The highest BCUT2D eigenvalue weighted by atomic mass is 35.5. The molecule has 2 aromatic heterocycles. The number of rotatable bonds is 4. The van der Waals surface area contributed by atoms with Gasteiger partial charge in [0, 0.05) is 17.4 Å². The maximum Gasteiger partial charge on any atom is 0.333 e. The van der Waals surface area contributed by atoms with E-state index in [-0.39, 0.29) is 29.3 Å². The molecule has 0 spiro atoms. The van der Waals surface area contributed by atoms with Crippen LogP contribution in [0.25, 0.3) is 11.2 Å². The molecule has 146 valence electrons. The maximum atomic E-state index is 13.4. The van der Waals surface area contributed by atoms with Crippen LogP contribution in [0.4, 0.5) is 8.78 Å². The van der Waals surface area contributed by atoms with Gasteiger partial charge in [-0.1, -0.05) is 29.8 Å². The Hall–Kier alpha value is -3.39. The molecule has 2 heterocycles. The molecule has 0 bridgehead atoms. The minimum atomic E-state index is -0.632. The molecule has 2 aromatic carbocycles. The van der Waals surface area contributed by atoms with E-state index >= 15 is 0 Å². The van der Waals surface area contributed by atoms with Crippen molar-refractivity contribution in [3.8, 4) is 0 Å². The molecule has 4 rings (SSSR count). The smallest absolute Gasteiger partial charge is 0.271 e. The Morgan fingerprint density at radius 1 is 0.862 bits per heavy atom. The predicted octanol–water partition coefficient (Wildman–Crippen LogP) is 2.98. The SMILES string of the molecule is O=c1c2nccnc2n(Cc2ccc(F)cc2Cl)c(=O)n1Cc1ccc(F)cc1. The predicted molar refractivity (Wildman–Crippen MR) is 104 cm³/mol. The molecule has 0 atom stereocenters. The standard InChI is InChI=1S/C20H13ClF2N4O2/c21-16-9-15(23)6-3-13(16)11-26-18-17(24-7-8-25-18)19(28)27(20(26)29)10-12-1-4-14(22)5-2-12/h1-9H,10-11H2. The lowest BCUT2D eigenvalue weighted by Gasteiger charge is -2.14. The zero-order valence-electron chi connectivity index (χ0n) is 14.8. The van der Waals surface area contributed by atoms with Gasteiger partial charge in [0.05, 0.1) is 13.1 Å². The van der Waals surface area contributed by atoms with Crippen LogP contribution >= 0.6 is 11.6 Å². The molecule has 0 unspecified atom stereocenters. The van der Waals surface area contributed by atoms with Gasteiger partial charge in [-0.25, -0.2) is 23.5 Å². The van der Waals surface area contributed by atoms with Crippen molar-refractivity contribution in [2.75, 3.05) is 0 Å². The highest BCUT2D eigenvalue weighted by Crippen LogP contribution is 2.18. The number of benzene rings is 2. The van der Waals surface area contributed by atoms with Gasteiger partial charge < -0.3 is 0 Å². The molecule has 0 amide bonds. The lowest BCUT2D eigenvalue weighted by atomic mass is 10.2. The molecule has 0 aliphatic heterocycles. The summed E-state index contributed by atoms with van der Waals surface area (Å²) in [7, 11) is 0. The first kappa shape index (κ1) is 18.9. The molecular weight excluding hydrogens is 402 g/mol. The van der Waals surface area contributed by atoms with E-state index in [9.17, 15) is 18.4 Å². The Kier molecular flexibility index (Phi) is 4.94. The van der Waals surface area contributed by atoms with E-state index in [2.05, 4.69) is 9.97 Å². The normalized spacial score (nSPS) is 11.1. The summed E-state index contributed by atoms with van der Waals surface area (Å²) in [5.74, 6) is -0.925. The van der Waals surface area contributed by atoms with E-state index < -0.39 is 22.9 Å². The lowest BCUT2D eigenvalue weighted by molar-refractivity contribution is 0.614. The number of fused-ring (bicyclic) bond motifs is 1. The van der Waals surface area contributed by atoms with Gasteiger partial charge in [0.1, 0.15) is 11.6 Å². The molecule has 0 aliphatic rings. The summed E-state index contributed by atoms with van der Waals surface area (Å²) in [5, 5.41) is 0.144. The lowest BCUT2D eigenvalue weighted by Crippen LogP contribution is -2.41. The Bertz CT molecular complexity index is 1330. The number of hydrogen-bond donors (Lipinski definition) is 0. The summed E-state index contributed by atoms with van der Waals surface area (Å²) in [5.41, 5.74) is -0.0865. The summed E-state index contributed by atoms with van der Waals surface area (Å²) in [6.07, 6.45) is 2.72. The van der Waals surface area contributed by atoms with Crippen LogP contribution < -0.4 is 11.2 Å². The summed E-state index contributed by atoms with van der Waals surface area (Å²) >= 11 is 6.10. The minimum Gasteiger partial charge on any atom is -0.271 e. The Labute approximate surface area is 167 Å². The van der Waals surface area contributed by atoms with Crippen LogP contribution in [-0.2, 0) is 13.1 Å². The molecule has 0 fully saturated rings. The first-order chi connectivity index (χ1) is 13.9. The number of hydrogen-bond acceptors (Lipinski definition) is 4. The van der Waals surface area contributed by atoms with E-state index in [0.29, 0.717) is 11.1 Å². The summed E-state index contributed by atoms with van der Waals surface area (Å²) in [6, 6.07) is 9.31. The summed E-state index contributed by atoms with van der Waals surface area (Å²) in [6.45, 7) is -0.0988. The second-order valence-electron chi connectivity index (χ2n) is 6.35. The van der Waals surface area contributed by atoms with Crippen LogP contribution in [0, 0.1) is 11.6 Å². The van der Waals surface area contributed by atoms with Gasteiger partial charge in [-0.3, -0.25) is 13.9 Å². The molecular formula is C20H13ClF2N4O2. The first-order valence-electron chi connectivity index (χ1n) is 8.57. The Morgan fingerprint density at radius 3 is 2.28 bits per heavy atom.